The molecule has 0 amide bonds. The fourth-order valence-electron chi connectivity index (χ4n) is 1.43. The lowest BCUT2D eigenvalue weighted by Gasteiger charge is -2.09. The number of benzene rings is 1. The molecule has 0 fully saturated rings. The van der Waals surface area contributed by atoms with E-state index in [0.29, 0.717) is 16.8 Å². The van der Waals surface area contributed by atoms with Crippen LogP contribution in [0.3, 0.4) is 0 Å². The van der Waals surface area contributed by atoms with Crippen molar-refractivity contribution >= 4 is 11.7 Å². The van der Waals surface area contributed by atoms with E-state index in [-0.39, 0.29) is 13.0 Å². The van der Waals surface area contributed by atoms with Gasteiger partial charge in [-0.05, 0) is 37.1 Å². The van der Waals surface area contributed by atoms with Crippen molar-refractivity contribution in [2.24, 2.45) is 0 Å². The molecule has 0 radical (unpaired) electrons. The zero-order chi connectivity index (χ0) is 13.8. The van der Waals surface area contributed by atoms with Crippen LogP contribution in [0.4, 0.5) is 18.9 Å². The molecule has 1 aromatic carbocycles. The third-order valence-corrected chi connectivity index (χ3v) is 2.31. The van der Waals surface area contributed by atoms with Gasteiger partial charge in [-0.15, -0.1) is 0 Å². The number of rotatable bonds is 4. The van der Waals surface area contributed by atoms with Gasteiger partial charge in [0, 0.05) is 12.1 Å². The molecule has 1 rings (SSSR count). The predicted molar refractivity (Wildman–Crippen MR) is 61.2 cm³/mol. The molecule has 0 aliphatic heterocycles. The monoisotopic (exact) mass is 261 g/mol. The lowest BCUT2D eigenvalue weighted by molar-refractivity contribution is -0.137. The van der Waals surface area contributed by atoms with E-state index in [0.717, 1.165) is 0 Å². The number of esters is 1. The summed E-state index contributed by atoms with van der Waals surface area (Å²) in [6.45, 7) is 1.44. The molecule has 0 unspecified atom stereocenters. The SMILES string of the molecule is Cc1cc(N)ccc1C(=O)OCCCC(F)(F)F. The summed E-state index contributed by atoms with van der Waals surface area (Å²) in [4.78, 5) is 11.6. The normalized spacial score (nSPS) is 11.3. The van der Waals surface area contributed by atoms with Gasteiger partial charge in [0.1, 0.15) is 0 Å². The maximum absolute atomic E-state index is 11.9. The number of aryl methyl sites for hydroxylation is 1. The third-order valence-electron chi connectivity index (χ3n) is 2.31. The zero-order valence-electron chi connectivity index (χ0n) is 9.88. The summed E-state index contributed by atoms with van der Waals surface area (Å²) in [7, 11) is 0. The molecule has 18 heavy (non-hydrogen) atoms. The van der Waals surface area contributed by atoms with Gasteiger partial charge in [-0.3, -0.25) is 0 Å². The smallest absolute Gasteiger partial charge is 0.389 e. The van der Waals surface area contributed by atoms with Gasteiger partial charge >= 0.3 is 12.1 Å². The molecular formula is C12H14F3NO2. The van der Waals surface area contributed by atoms with Crippen LogP contribution in [0, 0.1) is 6.92 Å². The van der Waals surface area contributed by atoms with Crippen molar-refractivity contribution in [1.82, 2.24) is 0 Å². The maximum Gasteiger partial charge on any atom is 0.389 e. The van der Waals surface area contributed by atoms with Gasteiger partial charge in [-0.1, -0.05) is 0 Å². The number of nitrogens with two attached hydrogens (primary N) is 1. The van der Waals surface area contributed by atoms with Crippen LogP contribution in [0.1, 0.15) is 28.8 Å². The molecule has 0 spiro atoms. The van der Waals surface area contributed by atoms with Crippen LogP contribution in [0.5, 0.6) is 0 Å². The summed E-state index contributed by atoms with van der Waals surface area (Å²) in [5, 5.41) is 0. The number of hydrogen-bond acceptors (Lipinski definition) is 3. The van der Waals surface area contributed by atoms with Crippen LogP contribution >= 0.6 is 0 Å². The molecule has 0 aliphatic rings. The van der Waals surface area contributed by atoms with Gasteiger partial charge in [-0.25, -0.2) is 4.79 Å². The first-order valence-corrected chi connectivity index (χ1v) is 5.39. The first-order valence-electron chi connectivity index (χ1n) is 5.39. The van der Waals surface area contributed by atoms with Gasteiger partial charge in [0.15, 0.2) is 0 Å². The molecule has 3 nitrogen and oxygen atoms in total. The van der Waals surface area contributed by atoms with Crippen molar-refractivity contribution in [2.45, 2.75) is 25.9 Å². The number of ether oxygens (including phenoxy) is 1. The molecule has 0 saturated heterocycles. The van der Waals surface area contributed by atoms with Crippen LogP contribution in [-0.2, 0) is 4.74 Å². The lowest BCUT2D eigenvalue weighted by atomic mass is 10.1. The minimum Gasteiger partial charge on any atom is -0.462 e. The van der Waals surface area contributed by atoms with E-state index in [1.807, 2.05) is 0 Å². The molecule has 0 heterocycles. The zero-order valence-corrected chi connectivity index (χ0v) is 9.88. The third kappa shape index (κ3) is 4.65. The van der Waals surface area contributed by atoms with E-state index in [2.05, 4.69) is 0 Å². The van der Waals surface area contributed by atoms with E-state index in [4.69, 9.17) is 10.5 Å². The molecule has 1 aromatic rings. The molecule has 100 valence electrons. The van der Waals surface area contributed by atoms with Crippen molar-refractivity contribution in [1.29, 1.82) is 0 Å². The van der Waals surface area contributed by atoms with Crippen molar-refractivity contribution in [2.75, 3.05) is 12.3 Å². The summed E-state index contributed by atoms with van der Waals surface area (Å²) < 4.78 is 40.3. The first kappa shape index (κ1) is 14.3. The van der Waals surface area contributed by atoms with Crippen LogP contribution in [0.2, 0.25) is 0 Å². The summed E-state index contributed by atoms with van der Waals surface area (Å²) >= 11 is 0. The van der Waals surface area contributed by atoms with Gasteiger partial charge in [0.2, 0.25) is 0 Å². The Balaban J connectivity index is 2.46. The maximum atomic E-state index is 11.9. The lowest BCUT2D eigenvalue weighted by Crippen LogP contribution is -2.12. The Morgan fingerprint density at radius 3 is 2.61 bits per heavy atom. The average molecular weight is 261 g/mol. The number of alkyl halides is 3. The van der Waals surface area contributed by atoms with Gasteiger partial charge in [-0.2, -0.15) is 13.2 Å². The standard InChI is InChI=1S/C12H14F3NO2/c1-8-7-9(16)3-4-10(8)11(17)18-6-2-5-12(13,14)15/h3-4,7H,2,5-6,16H2,1H3. The van der Waals surface area contributed by atoms with E-state index in [1.54, 1.807) is 19.1 Å². The number of carbonyl (C=O) groups is 1. The Bertz CT molecular complexity index is 430. The molecule has 6 heteroatoms. The number of hydrogen-bond donors (Lipinski definition) is 1. The fourth-order valence-corrected chi connectivity index (χ4v) is 1.43. The summed E-state index contributed by atoms with van der Waals surface area (Å²) in [5.74, 6) is -0.630. The van der Waals surface area contributed by atoms with Gasteiger partial charge in [0.25, 0.3) is 0 Å². The number of anilines is 1. The van der Waals surface area contributed by atoms with E-state index in [1.165, 1.54) is 6.07 Å². The highest BCUT2D eigenvalue weighted by Crippen LogP contribution is 2.21. The molecule has 0 saturated carbocycles. The van der Waals surface area contributed by atoms with Crippen LogP contribution < -0.4 is 5.73 Å². The second-order valence-corrected chi connectivity index (χ2v) is 3.93. The average Bonchev–Trinajstić information content (AvgIpc) is 2.22. The Kier molecular flexibility index (Phi) is 4.58. The van der Waals surface area contributed by atoms with E-state index in [9.17, 15) is 18.0 Å². The minimum absolute atomic E-state index is 0.233. The molecule has 0 bridgehead atoms. The summed E-state index contributed by atoms with van der Waals surface area (Å²) in [6.07, 6.45) is -5.41. The predicted octanol–water partition coefficient (Wildman–Crippen LogP) is 3.08. The molecular weight excluding hydrogens is 247 g/mol. The van der Waals surface area contributed by atoms with E-state index < -0.39 is 18.6 Å². The summed E-state index contributed by atoms with van der Waals surface area (Å²) in [6, 6.07) is 4.64. The van der Waals surface area contributed by atoms with Crippen molar-refractivity contribution in [3.05, 3.63) is 29.3 Å². The molecule has 0 aliphatic carbocycles. The molecule has 0 atom stereocenters. The highest BCUT2D eigenvalue weighted by atomic mass is 19.4. The van der Waals surface area contributed by atoms with Crippen LogP contribution in [0.15, 0.2) is 18.2 Å². The second-order valence-electron chi connectivity index (χ2n) is 3.93. The Labute approximate surface area is 103 Å². The molecule has 2 N–H and O–H groups in total. The van der Waals surface area contributed by atoms with Crippen molar-refractivity contribution < 1.29 is 22.7 Å². The van der Waals surface area contributed by atoms with Gasteiger partial charge in [0.05, 0.1) is 12.2 Å². The first-order chi connectivity index (χ1) is 8.29. The number of nitrogen functional groups attached to an aromatic ring is 1. The number of halogens is 3. The largest absolute Gasteiger partial charge is 0.462 e. The van der Waals surface area contributed by atoms with Crippen LogP contribution in [0.25, 0.3) is 0 Å². The quantitative estimate of drug-likeness (QED) is 0.515. The van der Waals surface area contributed by atoms with Crippen molar-refractivity contribution in [3.63, 3.8) is 0 Å². The van der Waals surface area contributed by atoms with E-state index >= 15 is 0 Å². The number of carbonyl (C=O) groups excluding carboxylic acids is 1. The fraction of sp³-hybridized carbons (Fsp3) is 0.417. The highest BCUT2D eigenvalue weighted by molar-refractivity contribution is 5.91. The topological polar surface area (TPSA) is 52.3 Å². The van der Waals surface area contributed by atoms with Gasteiger partial charge < -0.3 is 10.5 Å². The Hall–Kier alpha value is -1.72. The Morgan fingerprint density at radius 1 is 1.39 bits per heavy atom. The molecule has 0 aromatic heterocycles. The Morgan fingerprint density at radius 2 is 2.06 bits per heavy atom. The van der Waals surface area contributed by atoms with Crippen LogP contribution in [-0.4, -0.2) is 18.8 Å². The minimum atomic E-state index is -4.22. The highest BCUT2D eigenvalue weighted by Gasteiger charge is 2.26. The van der Waals surface area contributed by atoms with Crippen molar-refractivity contribution in [3.8, 4) is 0 Å². The second kappa shape index (κ2) is 5.75. The summed E-state index contributed by atoms with van der Waals surface area (Å²) in [5.41, 5.74) is 6.99.